The summed E-state index contributed by atoms with van der Waals surface area (Å²) in [6.07, 6.45) is 2.42. The molecule has 0 heterocycles. The predicted molar refractivity (Wildman–Crippen MR) is 121 cm³/mol. The van der Waals surface area contributed by atoms with E-state index in [0.717, 1.165) is 17.5 Å². The Morgan fingerprint density at radius 3 is 2.44 bits per heavy atom. The minimum absolute atomic E-state index is 0.276. The van der Waals surface area contributed by atoms with Gasteiger partial charge in [-0.2, -0.15) is 5.10 Å². The number of amides is 1. The maximum Gasteiger partial charge on any atom is 0.271 e. The molecule has 7 heteroatoms. The van der Waals surface area contributed by atoms with Crippen molar-refractivity contribution in [2.75, 3.05) is 13.7 Å². The second-order valence-corrected chi connectivity index (χ2v) is 6.90. The van der Waals surface area contributed by atoms with E-state index in [0.29, 0.717) is 36.0 Å². The van der Waals surface area contributed by atoms with Gasteiger partial charge in [0, 0.05) is 5.56 Å². The van der Waals surface area contributed by atoms with Crippen molar-refractivity contribution in [2.24, 2.45) is 5.10 Å². The highest BCUT2D eigenvalue weighted by Crippen LogP contribution is 2.28. The van der Waals surface area contributed by atoms with Crippen LogP contribution in [0.3, 0.4) is 0 Å². The summed E-state index contributed by atoms with van der Waals surface area (Å²) in [6, 6.07) is 18.4. The Morgan fingerprint density at radius 1 is 1.00 bits per heavy atom. The molecule has 0 aliphatic heterocycles. The molecule has 3 aromatic carbocycles. The quantitative estimate of drug-likeness (QED) is 0.360. The molecule has 0 aliphatic carbocycles. The van der Waals surface area contributed by atoms with E-state index in [4.69, 9.17) is 14.2 Å². The summed E-state index contributed by atoms with van der Waals surface area (Å²) in [5.74, 6) is 1.12. The van der Waals surface area contributed by atoms with E-state index >= 15 is 0 Å². The number of nitrogens with one attached hydrogen (secondary N) is 1. The standard InChI is InChI=1S/C25H25FN2O4/c1-3-14-31-23-13-8-20(15-24(23)30-2)25(29)28-27-16-18-6-11-22(12-7-18)32-17-19-4-9-21(26)10-5-19/h4-13,15-16H,3,14,17H2,1-2H3,(H,28,29)/b27-16+. The highest BCUT2D eigenvalue weighted by molar-refractivity contribution is 5.95. The van der Waals surface area contributed by atoms with Gasteiger partial charge < -0.3 is 14.2 Å². The summed E-state index contributed by atoms with van der Waals surface area (Å²) in [4.78, 5) is 12.4. The molecule has 0 radical (unpaired) electrons. The molecule has 0 atom stereocenters. The Kier molecular flexibility index (Phi) is 8.20. The van der Waals surface area contributed by atoms with E-state index in [9.17, 15) is 9.18 Å². The number of carbonyl (C=O) groups excluding carboxylic acids is 1. The third-order valence-electron chi connectivity index (χ3n) is 4.47. The maximum absolute atomic E-state index is 12.9. The van der Waals surface area contributed by atoms with Crippen molar-refractivity contribution < 1.29 is 23.4 Å². The number of benzene rings is 3. The van der Waals surface area contributed by atoms with Crippen LogP contribution in [-0.2, 0) is 6.61 Å². The summed E-state index contributed by atoms with van der Waals surface area (Å²) in [5, 5.41) is 4.00. The molecule has 32 heavy (non-hydrogen) atoms. The molecule has 166 valence electrons. The Hall–Kier alpha value is -3.87. The van der Waals surface area contributed by atoms with Gasteiger partial charge in [0.15, 0.2) is 11.5 Å². The van der Waals surface area contributed by atoms with Gasteiger partial charge in [-0.25, -0.2) is 9.82 Å². The van der Waals surface area contributed by atoms with Crippen LogP contribution < -0.4 is 19.6 Å². The van der Waals surface area contributed by atoms with Crippen molar-refractivity contribution in [1.82, 2.24) is 5.43 Å². The van der Waals surface area contributed by atoms with Gasteiger partial charge in [-0.3, -0.25) is 4.79 Å². The van der Waals surface area contributed by atoms with Crippen molar-refractivity contribution in [3.63, 3.8) is 0 Å². The monoisotopic (exact) mass is 436 g/mol. The van der Waals surface area contributed by atoms with Crippen LogP contribution in [0.15, 0.2) is 71.8 Å². The van der Waals surface area contributed by atoms with Crippen LogP contribution in [0.2, 0.25) is 0 Å². The molecule has 3 aromatic rings. The Labute approximate surface area is 186 Å². The topological polar surface area (TPSA) is 69.2 Å². The molecule has 0 spiro atoms. The summed E-state index contributed by atoms with van der Waals surface area (Å²) in [6.45, 7) is 2.93. The van der Waals surface area contributed by atoms with Crippen LogP contribution in [-0.4, -0.2) is 25.8 Å². The van der Waals surface area contributed by atoms with Gasteiger partial charge in [0.1, 0.15) is 18.2 Å². The number of nitrogens with zero attached hydrogens (tertiary/aromatic N) is 1. The van der Waals surface area contributed by atoms with Gasteiger partial charge >= 0.3 is 0 Å². The lowest BCUT2D eigenvalue weighted by Gasteiger charge is -2.11. The SMILES string of the molecule is CCCOc1ccc(C(=O)N/N=C/c2ccc(OCc3ccc(F)cc3)cc2)cc1OC. The van der Waals surface area contributed by atoms with Crippen molar-refractivity contribution >= 4 is 12.1 Å². The van der Waals surface area contributed by atoms with E-state index in [-0.39, 0.29) is 11.7 Å². The zero-order chi connectivity index (χ0) is 22.8. The molecule has 1 N–H and O–H groups in total. The summed E-state index contributed by atoms with van der Waals surface area (Å²) < 4.78 is 29.5. The normalized spacial score (nSPS) is 10.7. The largest absolute Gasteiger partial charge is 0.493 e. The van der Waals surface area contributed by atoms with Crippen molar-refractivity contribution in [3.8, 4) is 17.2 Å². The first-order valence-electron chi connectivity index (χ1n) is 10.2. The zero-order valence-corrected chi connectivity index (χ0v) is 18.0. The van der Waals surface area contributed by atoms with Crippen LogP contribution in [0.4, 0.5) is 4.39 Å². The van der Waals surface area contributed by atoms with Crippen molar-refractivity contribution in [1.29, 1.82) is 0 Å². The van der Waals surface area contributed by atoms with E-state index < -0.39 is 0 Å². The molecular weight excluding hydrogens is 411 g/mol. The first-order chi connectivity index (χ1) is 15.6. The molecule has 0 saturated heterocycles. The Bertz CT molecular complexity index is 1050. The van der Waals surface area contributed by atoms with Gasteiger partial charge in [-0.1, -0.05) is 19.1 Å². The second-order valence-electron chi connectivity index (χ2n) is 6.90. The van der Waals surface area contributed by atoms with Gasteiger partial charge in [-0.15, -0.1) is 0 Å². The lowest BCUT2D eigenvalue weighted by atomic mass is 10.2. The predicted octanol–water partition coefficient (Wildman–Crippen LogP) is 4.97. The highest BCUT2D eigenvalue weighted by atomic mass is 19.1. The van der Waals surface area contributed by atoms with E-state index in [2.05, 4.69) is 10.5 Å². The molecule has 6 nitrogen and oxygen atoms in total. The number of ether oxygens (including phenoxy) is 3. The summed E-state index contributed by atoms with van der Waals surface area (Å²) >= 11 is 0. The lowest BCUT2D eigenvalue weighted by Crippen LogP contribution is -2.17. The summed E-state index contributed by atoms with van der Waals surface area (Å²) in [5.41, 5.74) is 4.58. The number of hydrogen-bond acceptors (Lipinski definition) is 5. The molecule has 0 bridgehead atoms. The second kappa shape index (κ2) is 11.5. The number of rotatable bonds is 10. The van der Waals surface area contributed by atoms with E-state index in [1.165, 1.54) is 25.5 Å². The molecule has 0 fully saturated rings. The third kappa shape index (κ3) is 6.57. The Balaban J connectivity index is 1.52. The molecule has 0 unspecified atom stereocenters. The molecule has 3 rings (SSSR count). The maximum atomic E-state index is 12.9. The number of hydrogen-bond donors (Lipinski definition) is 1. The summed E-state index contributed by atoms with van der Waals surface area (Å²) in [7, 11) is 1.53. The number of hydrazone groups is 1. The first-order valence-corrected chi connectivity index (χ1v) is 10.2. The van der Waals surface area contributed by atoms with Crippen LogP contribution in [0.1, 0.15) is 34.8 Å². The highest BCUT2D eigenvalue weighted by Gasteiger charge is 2.10. The average molecular weight is 436 g/mol. The minimum atomic E-state index is -0.360. The van der Waals surface area contributed by atoms with E-state index in [1.54, 1.807) is 42.5 Å². The van der Waals surface area contributed by atoms with Crippen LogP contribution >= 0.6 is 0 Å². The minimum Gasteiger partial charge on any atom is -0.493 e. The molecule has 1 amide bonds. The first kappa shape index (κ1) is 22.8. The smallest absolute Gasteiger partial charge is 0.271 e. The fourth-order valence-corrected chi connectivity index (χ4v) is 2.77. The van der Waals surface area contributed by atoms with E-state index in [1.807, 2.05) is 19.1 Å². The average Bonchev–Trinajstić information content (AvgIpc) is 2.83. The van der Waals surface area contributed by atoms with Gasteiger partial charge in [0.05, 0.1) is 19.9 Å². The van der Waals surface area contributed by atoms with Crippen LogP contribution in [0.5, 0.6) is 17.2 Å². The van der Waals surface area contributed by atoms with Crippen molar-refractivity contribution in [2.45, 2.75) is 20.0 Å². The number of halogens is 1. The molecular formula is C25H25FN2O4. The zero-order valence-electron chi connectivity index (χ0n) is 18.0. The van der Waals surface area contributed by atoms with Gasteiger partial charge in [-0.05, 0) is 72.1 Å². The molecule has 0 aliphatic rings. The van der Waals surface area contributed by atoms with Gasteiger partial charge in [0.25, 0.3) is 5.91 Å². The number of carbonyl (C=O) groups is 1. The fourth-order valence-electron chi connectivity index (χ4n) is 2.77. The lowest BCUT2D eigenvalue weighted by molar-refractivity contribution is 0.0954. The van der Waals surface area contributed by atoms with Crippen molar-refractivity contribution in [3.05, 3.63) is 89.2 Å². The van der Waals surface area contributed by atoms with Crippen LogP contribution in [0.25, 0.3) is 0 Å². The number of methoxy groups -OCH3 is 1. The van der Waals surface area contributed by atoms with Gasteiger partial charge in [0.2, 0.25) is 0 Å². The molecule has 0 saturated carbocycles. The van der Waals surface area contributed by atoms with Crippen LogP contribution in [0, 0.1) is 5.82 Å². The fraction of sp³-hybridized carbons (Fsp3) is 0.200. The third-order valence-corrected chi connectivity index (χ3v) is 4.47. The Morgan fingerprint density at radius 2 is 1.75 bits per heavy atom. The molecule has 0 aromatic heterocycles.